The zero-order valence-electron chi connectivity index (χ0n) is 12.0. The van der Waals surface area contributed by atoms with Crippen molar-refractivity contribution in [2.24, 2.45) is 0 Å². The highest BCUT2D eigenvalue weighted by molar-refractivity contribution is 5.95. The van der Waals surface area contributed by atoms with Crippen molar-refractivity contribution < 1.29 is 4.79 Å². The fraction of sp³-hybridized carbons (Fsp3) is 0.250. The van der Waals surface area contributed by atoms with Crippen molar-refractivity contribution in [1.29, 1.82) is 0 Å². The van der Waals surface area contributed by atoms with Crippen LogP contribution in [-0.2, 0) is 0 Å². The van der Waals surface area contributed by atoms with Crippen LogP contribution in [0.3, 0.4) is 0 Å². The highest BCUT2D eigenvalue weighted by atomic mass is 16.2. The van der Waals surface area contributed by atoms with Crippen LogP contribution in [-0.4, -0.2) is 22.8 Å². The highest BCUT2D eigenvalue weighted by Gasteiger charge is 2.20. The molecule has 0 aliphatic heterocycles. The Bertz CT molecular complexity index is 625. The summed E-state index contributed by atoms with van der Waals surface area (Å²) < 4.78 is 0. The number of nitrogen functional groups attached to an aromatic ring is 1. The second-order valence-corrected chi connectivity index (χ2v) is 4.90. The number of nitrogens with two attached hydrogens (primary N) is 1. The Labute approximate surface area is 119 Å². The van der Waals surface area contributed by atoms with Gasteiger partial charge in [-0.2, -0.15) is 0 Å². The number of carbonyl (C=O) groups excluding carboxylic acids is 1. The van der Waals surface area contributed by atoms with Crippen LogP contribution in [0.1, 0.15) is 34.6 Å². The van der Waals surface area contributed by atoms with Crippen molar-refractivity contribution >= 4 is 11.6 Å². The summed E-state index contributed by atoms with van der Waals surface area (Å²) in [5, 5.41) is 0. The number of nitrogens with zero attached hydrogens (tertiary/aromatic N) is 2. The zero-order valence-corrected chi connectivity index (χ0v) is 12.0. The van der Waals surface area contributed by atoms with E-state index in [1.165, 1.54) is 0 Å². The van der Waals surface area contributed by atoms with Crippen molar-refractivity contribution in [3.8, 4) is 0 Å². The molecule has 0 spiro atoms. The Morgan fingerprint density at radius 3 is 2.70 bits per heavy atom. The number of anilines is 1. The lowest BCUT2D eigenvalue weighted by Crippen LogP contribution is -2.30. The van der Waals surface area contributed by atoms with Crippen LogP contribution in [0, 0.1) is 6.92 Å². The molecule has 1 aromatic heterocycles. The third-order valence-electron chi connectivity index (χ3n) is 3.53. The van der Waals surface area contributed by atoms with Crippen molar-refractivity contribution in [2.75, 3.05) is 12.8 Å². The quantitative estimate of drug-likeness (QED) is 0.872. The van der Waals surface area contributed by atoms with Crippen LogP contribution in [0.4, 0.5) is 5.69 Å². The van der Waals surface area contributed by atoms with E-state index >= 15 is 0 Å². The third-order valence-corrected chi connectivity index (χ3v) is 3.53. The van der Waals surface area contributed by atoms with Crippen LogP contribution in [0.15, 0.2) is 42.6 Å². The summed E-state index contributed by atoms with van der Waals surface area (Å²) >= 11 is 0. The first kappa shape index (κ1) is 14.1. The second kappa shape index (κ2) is 5.74. The summed E-state index contributed by atoms with van der Waals surface area (Å²) in [4.78, 5) is 18.4. The molecule has 0 saturated carbocycles. The first-order valence-corrected chi connectivity index (χ1v) is 6.55. The maximum Gasteiger partial charge on any atom is 0.255 e. The smallest absolute Gasteiger partial charge is 0.255 e. The van der Waals surface area contributed by atoms with Crippen LogP contribution in [0.25, 0.3) is 0 Å². The predicted molar refractivity (Wildman–Crippen MR) is 80.3 cm³/mol. The lowest BCUT2D eigenvalue weighted by atomic mass is 10.1. The maximum atomic E-state index is 12.5. The predicted octanol–water partition coefficient (Wildman–Crippen LogP) is 2.81. The van der Waals surface area contributed by atoms with Gasteiger partial charge in [-0.05, 0) is 43.7 Å². The summed E-state index contributed by atoms with van der Waals surface area (Å²) in [5.74, 6) is -0.0366. The van der Waals surface area contributed by atoms with E-state index in [0.717, 1.165) is 11.3 Å². The van der Waals surface area contributed by atoms with Gasteiger partial charge < -0.3 is 10.6 Å². The van der Waals surface area contributed by atoms with E-state index in [0.29, 0.717) is 11.3 Å². The van der Waals surface area contributed by atoms with Crippen LogP contribution in [0.5, 0.6) is 0 Å². The Balaban J connectivity index is 2.25. The van der Waals surface area contributed by atoms with Gasteiger partial charge in [0.2, 0.25) is 0 Å². The van der Waals surface area contributed by atoms with Crippen LogP contribution in [0.2, 0.25) is 0 Å². The van der Waals surface area contributed by atoms with E-state index < -0.39 is 0 Å². The first-order chi connectivity index (χ1) is 9.50. The number of rotatable bonds is 3. The average Bonchev–Trinajstić information content (AvgIpc) is 2.45. The molecule has 2 aromatic rings. The van der Waals surface area contributed by atoms with Gasteiger partial charge in [0.05, 0.1) is 11.6 Å². The number of hydrogen-bond acceptors (Lipinski definition) is 3. The standard InChI is InChI=1S/C16H19N3O/c1-11-15(8-5-9-18-11)16(20)19(3)12(2)13-6-4-7-14(17)10-13/h4-10,12H,17H2,1-3H3. The fourth-order valence-corrected chi connectivity index (χ4v) is 2.12. The molecular formula is C16H19N3O. The van der Waals surface area contributed by atoms with E-state index in [2.05, 4.69) is 4.98 Å². The van der Waals surface area contributed by atoms with E-state index in [9.17, 15) is 4.79 Å². The van der Waals surface area contributed by atoms with Gasteiger partial charge in [0.1, 0.15) is 0 Å². The minimum absolute atomic E-state index is 0.0366. The van der Waals surface area contributed by atoms with Gasteiger partial charge in [-0.3, -0.25) is 9.78 Å². The van der Waals surface area contributed by atoms with Gasteiger partial charge in [0, 0.05) is 24.6 Å². The Morgan fingerprint density at radius 2 is 2.05 bits per heavy atom. The number of pyridine rings is 1. The van der Waals surface area contributed by atoms with Crippen LogP contribution >= 0.6 is 0 Å². The first-order valence-electron chi connectivity index (χ1n) is 6.55. The van der Waals surface area contributed by atoms with E-state index in [-0.39, 0.29) is 11.9 Å². The molecule has 2 N–H and O–H groups in total. The minimum Gasteiger partial charge on any atom is -0.399 e. The largest absolute Gasteiger partial charge is 0.399 e. The number of carbonyl (C=O) groups is 1. The highest BCUT2D eigenvalue weighted by Crippen LogP contribution is 2.22. The molecule has 1 aromatic carbocycles. The van der Waals surface area contributed by atoms with Gasteiger partial charge >= 0.3 is 0 Å². The molecule has 0 aliphatic rings. The average molecular weight is 269 g/mol. The molecular weight excluding hydrogens is 250 g/mol. The fourth-order valence-electron chi connectivity index (χ4n) is 2.12. The van der Waals surface area contributed by atoms with Crippen molar-refractivity contribution in [1.82, 2.24) is 9.88 Å². The SMILES string of the molecule is Cc1ncccc1C(=O)N(C)C(C)c1cccc(N)c1. The number of aryl methyl sites for hydroxylation is 1. The van der Waals surface area contributed by atoms with Gasteiger partial charge in [-0.25, -0.2) is 0 Å². The summed E-state index contributed by atoms with van der Waals surface area (Å²) in [5.41, 5.74) is 8.88. The van der Waals surface area contributed by atoms with E-state index in [1.807, 2.05) is 38.1 Å². The topological polar surface area (TPSA) is 59.2 Å². The Morgan fingerprint density at radius 1 is 1.30 bits per heavy atom. The third kappa shape index (κ3) is 2.79. The molecule has 0 bridgehead atoms. The molecule has 0 saturated heterocycles. The molecule has 1 atom stereocenters. The van der Waals surface area contributed by atoms with Crippen molar-refractivity contribution in [3.63, 3.8) is 0 Å². The van der Waals surface area contributed by atoms with E-state index in [4.69, 9.17) is 5.73 Å². The second-order valence-electron chi connectivity index (χ2n) is 4.90. The Hall–Kier alpha value is -2.36. The number of aromatic nitrogens is 1. The van der Waals surface area contributed by atoms with Gasteiger partial charge in [0.25, 0.3) is 5.91 Å². The number of benzene rings is 1. The molecule has 1 heterocycles. The molecule has 2 rings (SSSR count). The summed E-state index contributed by atoms with van der Waals surface area (Å²) in [6.45, 7) is 3.82. The van der Waals surface area contributed by atoms with E-state index in [1.54, 1.807) is 30.3 Å². The van der Waals surface area contributed by atoms with Crippen LogP contribution < -0.4 is 5.73 Å². The molecule has 1 unspecified atom stereocenters. The maximum absolute atomic E-state index is 12.5. The minimum atomic E-state index is -0.0504. The molecule has 20 heavy (non-hydrogen) atoms. The van der Waals surface area contributed by atoms with Gasteiger partial charge in [-0.1, -0.05) is 12.1 Å². The molecule has 0 aliphatic carbocycles. The number of amides is 1. The monoisotopic (exact) mass is 269 g/mol. The van der Waals surface area contributed by atoms with Crippen molar-refractivity contribution in [3.05, 3.63) is 59.4 Å². The van der Waals surface area contributed by atoms with Gasteiger partial charge in [0.15, 0.2) is 0 Å². The molecule has 4 nitrogen and oxygen atoms in total. The molecule has 4 heteroatoms. The molecule has 1 amide bonds. The summed E-state index contributed by atoms with van der Waals surface area (Å²) in [6, 6.07) is 11.1. The lowest BCUT2D eigenvalue weighted by molar-refractivity contribution is 0.0741. The molecule has 0 radical (unpaired) electrons. The van der Waals surface area contributed by atoms with Crippen molar-refractivity contribution in [2.45, 2.75) is 19.9 Å². The molecule has 104 valence electrons. The molecule has 0 fully saturated rings. The zero-order chi connectivity index (χ0) is 14.7. The normalized spacial score (nSPS) is 11.9. The summed E-state index contributed by atoms with van der Waals surface area (Å²) in [7, 11) is 1.79. The Kier molecular flexibility index (Phi) is 4.03. The lowest BCUT2D eigenvalue weighted by Gasteiger charge is -2.26. The summed E-state index contributed by atoms with van der Waals surface area (Å²) in [6.07, 6.45) is 1.69. The van der Waals surface area contributed by atoms with Gasteiger partial charge in [-0.15, -0.1) is 0 Å². The number of hydrogen-bond donors (Lipinski definition) is 1.